The van der Waals surface area contributed by atoms with Crippen molar-refractivity contribution in [2.24, 2.45) is 0 Å². The van der Waals surface area contributed by atoms with Crippen molar-refractivity contribution in [3.63, 3.8) is 0 Å². The van der Waals surface area contributed by atoms with E-state index in [1.165, 1.54) is 11.3 Å². The Labute approximate surface area is 97.3 Å². The molecule has 0 spiro atoms. The molecular formula is C8H6BrN3O2S. The fraction of sp³-hybridized carbons (Fsp3) is 0.125. The van der Waals surface area contributed by atoms with Crippen LogP contribution < -0.4 is 5.32 Å². The summed E-state index contributed by atoms with van der Waals surface area (Å²) >= 11 is 4.68. The van der Waals surface area contributed by atoms with E-state index in [0.29, 0.717) is 5.01 Å². The molecule has 0 aliphatic heterocycles. The third-order valence-electron chi connectivity index (χ3n) is 1.65. The molecule has 0 radical (unpaired) electrons. The van der Waals surface area contributed by atoms with Gasteiger partial charge in [-0.15, -0.1) is 0 Å². The number of aromatic nitrogens is 2. The topological polar surface area (TPSA) is 75.1 Å². The molecule has 0 unspecified atom stereocenters. The van der Waals surface area contributed by atoms with E-state index < -0.39 is 6.09 Å². The predicted molar refractivity (Wildman–Crippen MR) is 60.0 cm³/mol. The smallest absolute Gasteiger partial charge is 0.405 e. The fourth-order valence-corrected chi connectivity index (χ4v) is 2.22. The normalized spacial score (nSPS) is 10.5. The maximum absolute atomic E-state index is 10.3. The lowest BCUT2D eigenvalue weighted by atomic mass is 10.4. The van der Waals surface area contributed by atoms with Gasteiger partial charge >= 0.3 is 6.09 Å². The van der Waals surface area contributed by atoms with Crippen LogP contribution in [0.4, 0.5) is 4.79 Å². The van der Waals surface area contributed by atoms with Gasteiger partial charge < -0.3 is 10.4 Å². The lowest BCUT2D eigenvalue weighted by Gasteiger charge is -1.93. The molecule has 0 saturated heterocycles. The molecule has 0 aliphatic rings. The number of fused-ring (bicyclic) bond motifs is 1. The Bertz CT molecular complexity index is 514. The number of thiazole rings is 1. The van der Waals surface area contributed by atoms with Crippen LogP contribution >= 0.6 is 27.3 Å². The van der Waals surface area contributed by atoms with Gasteiger partial charge in [-0.2, -0.15) is 0 Å². The van der Waals surface area contributed by atoms with Crippen LogP contribution in [0.3, 0.4) is 0 Å². The summed E-state index contributed by atoms with van der Waals surface area (Å²) in [6.07, 6.45) is 0.637. The summed E-state index contributed by atoms with van der Waals surface area (Å²) in [6, 6.07) is 1.85. The molecule has 0 fully saturated rings. The lowest BCUT2D eigenvalue weighted by Crippen LogP contribution is -2.19. The van der Waals surface area contributed by atoms with E-state index in [0.717, 1.165) is 14.8 Å². The Morgan fingerprint density at radius 1 is 1.67 bits per heavy atom. The highest BCUT2D eigenvalue weighted by atomic mass is 79.9. The minimum atomic E-state index is -1.05. The fourth-order valence-electron chi connectivity index (χ4n) is 1.07. The van der Waals surface area contributed by atoms with E-state index in [9.17, 15) is 4.79 Å². The van der Waals surface area contributed by atoms with Gasteiger partial charge in [0.1, 0.15) is 15.4 Å². The molecule has 0 saturated carbocycles. The zero-order chi connectivity index (χ0) is 10.8. The van der Waals surface area contributed by atoms with Crippen molar-refractivity contribution in [2.45, 2.75) is 6.54 Å². The average Bonchev–Trinajstić information content (AvgIpc) is 2.56. The number of hydrogen-bond acceptors (Lipinski definition) is 4. The van der Waals surface area contributed by atoms with E-state index in [4.69, 9.17) is 5.11 Å². The minimum absolute atomic E-state index is 0.216. The first-order valence-electron chi connectivity index (χ1n) is 4.03. The lowest BCUT2D eigenvalue weighted by molar-refractivity contribution is 0.194. The quantitative estimate of drug-likeness (QED) is 0.888. The molecular weight excluding hydrogens is 282 g/mol. The number of nitrogens with one attached hydrogen (secondary N) is 1. The summed E-state index contributed by atoms with van der Waals surface area (Å²) in [5.41, 5.74) is 0.775. The number of pyridine rings is 1. The van der Waals surface area contributed by atoms with Crippen LogP contribution in [0.15, 0.2) is 16.7 Å². The second-order valence-electron chi connectivity index (χ2n) is 2.74. The first-order valence-corrected chi connectivity index (χ1v) is 5.64. The van der Waals surface area contributed by atoms with Crippen LogP contribution in [0.5, 0.6) is 0 Å². The van der Waals surface area contributed by atoms with Gasteiger partial charge in [0, 0.05) is 10.7 Å². The van der Waals surface area contributed by atoms with Crippen molar-refractivity contribution in [3.05, 3.63) is 21.7 Å². The van der Waals surface area contributed by atoms with E-state index in [-0.39, 0.29) is 6.54 Å². The van der Waals surface area contributed by atoms with E-state index >= 15 is 0 Å². The largest absolute Gasteiger partial charge is 0.465 e. The monoisotopic (exact) mass is 287 g/mol. The molecule has 5 nitrogen and oxygen atoms in total. The number of hydrogen-bond donors (Lipinski definition) is 2. The van der Waals surface area contributed by atoms with E-state index in [1.807, 2.05) is 6.07 Å². The molecule has 0 aromatic carbocycles. The first-order chi connectivity index (χ1) is 7.15. The zero-order valence-electron chi connectivity index (χ0n) is 7.40. The Morgan fingerprint density at radius 3 is 3.20 bits per heavy atom. The number of halogens is 1. The predicted octanol–water partition coefficient (Wildman–Crippen LogP) is 2.22. The van der Waals surface area contributed by atoms with Gasteiger partial charge in [0.05, 0.1) is 6.54 Å². The van der Waals surface area contributed by atoms with Gasteiger partial charge in [-0.3, -0.25) is 0 Å². The summed E-state index contributed by atoms with van der Waals surface area (Å²) < 4.78 is 0.859. The van der Waals surface area contributed by atoms with Crippen LogP contribution in [0.25, 0.3) is 10.3 Å². The van der Waals surface area contributed by atoms with Crippen molar-refractivity contribution in [2.75, 3.05) is 0 Å². The van der Waals surface area contributed by atoms with E-state index in [2.05, 4.69) is 31.2 Å². The molecule has 7 heteroatoms. The molecule has 15 heavy (non-hydrogen) atoms. The number of amides is 1. The summed E-state index contributed by atoms with van der Waals surface area (Å²) in [5, 5.41) is 11.4. The van der Waals surface area contributed by atoms with Crippen molar-refractivity contribution >= 4 is 43.7 Å². The van der Waals surface area contributed by atoms with Crippen LogP contribution in [0.1, 0.15) is 5.01 Å². The molecule has 2 N–H and O–H groups in total. The second kappa shape index (κ2) is 4.11. The van der Waals surface area contributed by atoms with Gasteiger partial charge in [-0.05, 0) is 22.0 Å². The Kier molecular flexibility index (Phi) is 2.83. The van der Waals surface area contributed by atoms with Crippen LogP contribution in [0, 0.1) is 0 Å². The van der Waals surface area contributed by atoms with Gasteiger partial charge in [0.15, 0.2) is 0 Å². The molecule has 1 amide bonds. The summed E-state index contributed by atoms with van der Waals surface area (Å²) in [6.45, 7) is 0.216. The number of carbonyl (C=O) groups is 1. The molecule has 0 bridgehead atoms. The number of rotatable bonds is 2. The molecule has 2 heterocycles. The van der Waals surface area contributed by atoms with Gasteiger partial charge in [0.25, 0.3) is 0 Å². The molecule has 2 aromatic rings. The third kappa shape index (κ3) is 2.42. The van der Waals surface area contributed by atoms with Crippen molar-refractivity contribution in [1.82, 2.24) is 15.3 Å². The van der Waals surface area contributed by atoms with Crippen LogP contribution in [-0.2, 0) is 6.54 Å². The van der Waals surface area contributed by atoms with Crippen molar-refractivity contribution in [3.8, 4) is 0 Å². The molecule has 2 aromatic heterocycles. The standard InChI is InChI=1S/C8H6BrN3O2S/c9-4-1-5-7(10-2-4)15-6(12-5)3-11-8(13)14/h1-2,11H,3H2,(H,13,14). The highest BCUT2D eigenvalue weighted by molar-refractivity contribution is 9.10. The molecule has 0 aliphatic carbocycles. The molecule has 78 valence electrons. The van der Waals surface area contributed by atoms with E-state index in [1.54, 1.807) is 6.20 Å². The highest BCUT2D eigenvalue weighted by Crippen LogP contribution is 2.22. The van der Waals surface area contributed by atoms with Gasteiger partial charge in [-0.25, -0.2) is 14.8 Å². The molecule has 0 atom stereocenters. The van der Waals surface area contributed by atoms with Crippen molar-refractivity contribution < 1.29 is 9.90 Å². The Balaban J connectivity index is 2.27. The number of nitrogens with zero attached hydrogens (tertiary/aromatic N) is 2. The van der Waals surface area contributed by atoms with Gasteiger partial charge in [0.2, 0.25) is 0 Å². The Morgan fingerprint density at radius 2 is 2.47 bits per heavy atom. The maximum atomic E-state index is 10.3. The maximum Gasteiger partial charge on any atom is 0.405 e. The summed E-state index contributed by atoms with van der Waals surface area (Å²) in [5.74, 6) is 0. The zero-order valence-corrected chi connectivity index (χ0v) is 9.80. The minimum Gasteiger partial charge on any atom is -0.465 e. The summed E-state index contributed by atoms with van der Waals surface area (Å²) in [7, 11) is 0. The Hall–Kier alpha value is -1.21. The van der Waals surface area contributed by atoms with Crippen LogP contribution in [-0.4, -0.2) is 21.2 Å². The number of carboxylic acid groups (broad SMARTS) is 1. The first kappa shape index (κ1) is 10.3. The SMILES string of the molecule is O=C(O)NCc1nc2cc(Br)cnc2s1. The average molecular weight is 288 g/mol. The van der Waals surface area contributed by atoms with Crippen LogP contribution in [0.2, 0.25) is 0 Å². The highest BCUT2D eigenvalue weighted by Gasteiger charge is 2.06. The second-order valence-corrected chi connectivity index (χ2v) is 4.72. The van der Waals surface area contributed by atoms with Gasteiger partial charge in [-0.1, -0.05) is 11.3 Å². The van der Waals surface area contributed by atoms with Crippen molar-refractivity contribution in [1.29, 1.82) is 0 Å². The molecule has 2 rings (SSSR count). The third-order valence-corrected chi connectivity index (χ3v) is 3.06. The summed E-state index contributed by atoms with van der Waals surface area (Å²) in [4.78, 5) is 19.5.